The van der Waals surface area contributed by atoms with Crippen LogP contribution in [0.3, 0.4) is 0 Å². The smallest absolute Gasteiger partial charge is 0.391 e. The highest BCUT2D eigenvalue weighted by molar-refractivity contribution is 6.01. The van der Waals surface area contributed by atoms with Crippen LogP contribution in [-0.4, -0.2) is 16.6 Å². The third-order valence-corrected chi connectivity index (χ3v) is 3.47. The minimum absolute atomic E-state index is 0. The van der Waals surface area contributed by atoms with Crippen molar-refractivity contribution < 1.29 is 26.6 Å². The molecule has 0 saturated carbocycles. The van der Waals surface area contributed by atoms with Crippen molar-refractivity contribution in [1.82, 2.24) is 4.98 Å². The van der Waals surface area contributed by atoms with Crippen molar-refractivity contribution in [3.8, 4) is 0 Å². The fourth-order valence-electron chi connectivity index (χ4n) is 2.02. The molecule has 1 aromatic carbocycles. The van der Waals surface area contributed by atoms with E-state index in [1.165, 1.54) is 13.8 Å². The van der Waals surface area contributed by atoms with Crippen LogP contribution in [-0.2, 0) is 7.05 Å². The maximum Gasteiger partial charge on any atom is 0.391 e. The molecule has 0 saturated heterocycles. The van der Waals surface area contributed by atoms with E-state index in [-0.39, 0.29) is 24.0 Å². The lowest BCUT2D eigenvalue weighted by Crippen LogP contribution is -3.00. The first kappa shape index (κ1) is 18.6. The van der Waals surface area contributed by atoms with Gasteiger partial charge in [0.2, 0.25) is 5.82 Å². The van der Waals surface area contributed by atoms with Gasteiger partial charge in [0.1, 0.15) is 0 Å². The van der Waals surface area contributed by atoms with E-state index in [1.807, 2.05) is 20.0 Å². The molecule has 3 N–H and O–H groups in total. The quantitative estimate of drug-likeness (QED) is 0.550. The predicted octanol–water partition coefficient (Wildman–Crippen LogP) is -1.05. The van der Waals surface area contributed by atoms with E-state index in [1.54, 1.807) is 22.8 Å². The minimum Gasteiger partial charge on any atom is -1.00 e. The van der Waals surface area contributed by atoms with Gasteiger partial charge in [-0.15, -0.1) is 0 Å². The van der Waals surface area contributed by atoms with E-state index in [2.05, 4.69) is 10.3 Å². The number of carbonyl (C=O) groups excluding carboxylic acids is 2. The van der Waals surface area contributed by atoms with Crippen LogP contribution < -0.4 is 28.0 Å². The summed E-state index contributed by atoms with van der Waals surface area (Å²) < 4.78 is 1.76. The van der Waals surface area contributed by atoms with Crippen LogP contribution in [0.15, 0.2) is 24.3 Å². The number of anilines is 3. The monoisotopic (exact) mass is 334 g/mol. The van der Waals surface area contributed by atoms with Gasteiger partial charge in [-0.05, 0) is 39.0 Å². The molecule has 0 spiro atoms. The van der Waals surface area contributed by atoms with E-state index < -0.39 is 0 Å². The molecular weight excluding hydrogens is 316 g/mol. The average molecular weight is 335 g/mol. The Balaban J connectivity index is 0.00000264. The van der Waals surface area contributed by atoms with Crippen molar-refractivity contribution >= 4 is 29.0 Å². The molecule has 0 aliphatic carbocycles. The van der Waals surface area contributed by atoms with Gasteiger partial charge < -0.3 is 17.7 Å². The number of aryl methyl sites for hydroxylation is 1. The Labute approximate surface area is 141 Å². The predicted molar refractivity (Wildman–Crippen MR) is 84.3 cm³/mol. The normalized spacial score (nSPS) is 9.91. The first-order valence-corrected chi connectivity index (χ1v) is 6.85. The van der Waals surface area contributed by atoms with Gasteiger partial charge in [-0.2, -0.15) is 0 Å². The number of halogens is 1. The molecule has 2 aromatic rings. The molecule has 0 aliphatic heterocycles. The highest BCUT2D eigenvalue weighted by Gasteiger charge is 2.12. The van der Waals surface area contributed by atoms with Crippen molar-refractivity contribution in [2.75, 3.05) is 11.1 Å². The van der Waals surface area contributed by atoms with Crippen LogP contribution in [0.4, 0.5) is 17.5 Å². The molecule has 122 valence electrons. The number of Topliss-reactive ketones (excluding diaryl/α,β-unsaturated/α-hetero) is 2. The molecule has 0 aliphatic rings. The second-order valence-corrected chi connectivity index (χ2v) is 5.24. The molecule has 0 amide bonds. The van der Waals surface area contributed by atoms with Crippen molar-refractivity contribution in [3.63, 3.8) is 0 Å². The van der Waals surface area contributed by atoms with Crippen LogP contribution in [0, 0.1) is 6.92 Å². The first-order chi connectivity index (χ1) is 10.3. The summed E-state index contributed by atoms with van der Waals surface area (Å²) in [6.45, 7) is 4.84. The Morgan fingerprint density at radius 1 is 1.09 bits per heavy atom. The molecule has 1 heterocycles. The van der Waals surface area contributed by atoms with Gasteiger partial charge >= 0.3 is 5.95 Å². The molecule has 0 radical (unpaired) electrons. The van der Waals surface area contributed by atoms with Crippen molar-refractivity contribution in [2.45, 2.75) is 20.8 Å². The molecule has 2 rings (SSSR count). The van der Waals surface area contributed by atoms with Gasteiger partial charge in [-0.3, -0.25) is 15.3 Å². The van der Waals surface area contributed by atoms with E-state index in [0.717, 1.165) is 5.69 Å². The highest BCUT2D eigenvalue weighted by atomic mass is 35.5. The number of rotatable bonds is 4. The Morgan fingerprint density at radius 2 is 1.61 bits per heavy atom. The second kappa shape index (κ2) is 7.19. The first-order valence-electron chi connectivity index (χ1n) is 6.85. The molecule has 0 unspecified atom stereocenters. The van der Waals surface area contributed by atoms with Crippen molar-refractivity contribution in [3.05, 3.63) is 41.1 Å². The largest absolute Gasteiger partial charge is 1.00 e. The topological polar surface area (TPSA) is 89.0 Å². The van der Waals surface area contributed by atoms with E-state index in [4.69, 9.17) is 5.73 Å². The number of nitrogens with one attached hydrogen (secondary N) is 1. The van der Waals surface area contributed by atoms with Crippen LogP contribution in [0.2, 0.25) is 0 Å². The Morgan fingerprint density at radius 3 is 2.04 bits per heavy atom. The molecule has 23 heavy (non-hydrogen) atoms. The zero-order valence-corrected chi connectivity index (χ0v) is 14.2. The summed E-state index contributed by atoms with van der Waals surface area (Å²) in [6, 6.07) is 6.81. The second-order valence-electron chi connectivity index (χ2n) is 5.24. The third kappa shape index (κ3) is 4.26. The lowest BCUT2D eigenvalue weighted by molar-refractivity contribution is -0.665. The summed E-state index contributed by atoms with van der Waals surface area (Å²) in [5.74, 6) is 0.726. The zero-order valence-electron chi connectivity index (χ0n) is 13.5. The zero-order chi connectivity index (χ0) is 16.4. The fraction of sp³-hybridized carbons (Fsp3) is 0.250. The number of nitrogens with zero attached hydrogens (tertiary/aromatic N) is 2. The summed E-state index contributed by atoms with van der Waals surface area (Å²) >= 11 is 0. The van der Waals surface area contributed by atoms with Gasteiger partial charge in [0.15, 0.2) is 11.6 Å². The number of hydrogen-bond acceptors (Lipinski definition) is 5. The molecule has 0 bridgehead atoms. The van der Waals surface area contributed by atoms with Gasteiger partial charge in [0.05, 0.1) is 12.7 Å². The number of hydrogen-bond donors (Lipinski definition) is 2. The van der Waals surface area contributed by atoms with Gasteiger partial charge in [-0.25, -0.2) is 4.57 Å². The fourth-order valence-corrected chi connectivity index (χ4v) is 2.02. The standard InChI is InChI=1S/C16H18N4O2.ClH/c1-9-5-15(19-16(17)20(9)4)18-14-7-12(10(2)21)6-13(8-14)11(3)22;/h5-8H,1-4H3,(H2,17,18,19);1H. The third-order valence-electron chi connectivity index (χ3n) is 3.47. The Kier molecular flexibility index (Phi) is 5.81. The Bertz CT molecular complexity index is 719. The van der Waals surface area contributed by atoms with Crippen molar-refractivity contribution in [2.24, 2.45) is 7.05 Å². The number of nitrogens with two attached hydrogens (primary N) is 1. The summed E-state index contributed by atoms with van der Waals surface area (Å²) in [7, 11) is 1.83. The molecular formula is C16H19ClN4O2. The highest BCUT2D eigenvalue weighted by Crippen LogP contribution is 2.20. The summed E-state index contributed by atoms with van der Waals surface area (Å²) in [5.41, 5.74) is 8.34. The van der Waals surface area contributed by atoms with E-state index in [0.29, 0.717) is 28.6 Å². The number of aromatic nitrogens is 2. The number of benzene rings is 1. The molecule has 0 fully saturated rings. The van der Waals surface area contributed by atoms with Gasteiger partial charge in [-0.1, -0.05) is 4.98 Å². The SMILES string of the molecule is CC(=O)c1cc(Nc2cc(C)[n+](C)c(N)n2)cc(C(C)=O)c1.[Cl-]. The molecule has 0 atom stereocenters. The lowest BCUT2D eigenvalue weighted by atomic mass is 10.0. The Hall–Kier alpha value is -2.47. The van der Waals surface area contributed by atoms with Crippen molar-refractivity contribution in [1.29, 1.82) is 0 Å². The van der Waals surface area contributed by atoms with Crippen LogP contribution in [0.1, 0.15) is 40.3 Å². The molecule has 1 aromatic heterocycles. The number of nitrogen functional groups attached to an aromatic ring is 1. The van der Waals surface area contributed by atoms with Gasteiger partial charge in [0, 0.05) is 22.9 Å². The lowest BCUT2D eigenvalue weighted by Gasteiger charge is -2.09. The average Bonchev–Trinajstić information content (AvgIpc) is 2.44. The maximum absolute atomic E-state index is 11.6. The minimum atomic E-state index is -0.103. The number of ketones is 2. The summed E-state index contributed by atoms with van der Waals surface area (Å²) in [6.07, 6.45) is 0. The van der Waals surface area contributed by atoms with E-state index >= 15 is 0 Å². The molecule has 7 heteroatoms. The summed E-state index contributed by atoms with van der Waals surface area (Å²) in [4.78, 5) is 27.4. The van der Waals surface area contributed by atoms with E-state index in [9.17, 15) is 9.59 Å². The van der Waals surface area contributed by atoms with Crippen LogP contribution >= 0.6 is 0 Å². The van der Waals surface area contributed by atoms with Gasteiger partial charge in [0.25, 0.3) is 0 Å². The summed E-state index contributed by atoms with van der Waals surface area (Å²) in [5, 5.41) is 3.09. The van der Waals surface area contributed by atoms with Crippen LogP contribution in [0.25, 0.3) is 0 Å². The molecule has 6 nitrogen and oxygen atoms in total. The number of carbonyl (C=O) groups is 2. The van der Waals surface area contributed by atoms with Crippen LogP contribution in [0.5, 0.6) is 0 Å². The maximum atomic E-state index is 11.6.